The number of rotatable bonds is 2. The Balaban J connectivity index is 2.34. The van der Waals surface area contributed by atoms with E-state index in [-0.39, 0.29) is 22.1 Å². The number of halogens is 6. The van der Waals surface area contributed by atoms with Crippen LogP contribution in [0.25, 0.3) is 10.5 Å². The molecule has 0 unspecified atom stereocenters. The molecule has 3 rings (SSSR count). The molecule has 1 N–H and O–H groups in total. The molecule has 1 aliphatic rings. The highest BCUT2D eigenvalue weighted by Gasteiger charge is 2.53. The van der Waals surface area contributed by atoms with Gasteiger partial charge in [-0.25, -0.2) is 22.0 Å². The first-order chi connectivity index (χ1) is 12.8. The molecule has 1 aliphatic carbocycles. The van der Waals surface area contributed by atoms with Crippen molar-refractivity contribution in [3.8, 4) is 5.69 Å². The van der Waals surface area contributed by atoms with Crippen molar-refractivity contribution < 1.29 is 35.5 Å². The lowest BCUT2D eigenvalue weighted by Crippen LogP contribution is -2.34. The Kier molecular flexibility index (Phi) is 4.73. The Bertz CT molecular complexity index is 1100. The summed E-state index contributed by atoms with van der Waals surface area (Å²) < 4.78 is 91.9. The number of hydrogen-bond acceptors (Lipinski definition) is 3. The molecule has 1 heterocycles. The summed E-state index contributed by atoms with van der Waals surface area (Å²) in [5.41, 5.74) is -6.97. The standard InChI is InChI=1S/C16H10ClF5N2O3S/c1-23-10-6-8(2-3-9(10)17)24-7-12(28(26,27)16(20,21)22)13-11(24)4-5-15(18,19)14(13)25/h2-3,6-7,14,25H,4-5H2/t14-/m0/s1. The lowest BCUT2D eigenvalue weighted by molar-refractivity contribution is -0.123. The predicted molar refractivity (Wildman–Crippen MR) is 88.5 cm³/mol. The highest BCUT2D eigenvalue weighted by molar-refractivity contribution is 7.92. The van der Waals surface area contributed by atoms with Gasteiger partial charge in [-0.15, -0.1) is 0 Å². The van der Waals surface area contributed by atoms with Gasteiger partial charge in [0.1, 0.15) is 11.0 Å². The van der Waals surface area contributed by atoms with Gasteiger partial charge in [0.15, 0.2) is 0 Å². The van der Waals surface area contributed by atoms with Crippen molar-refractivity contribution >= 4 is 27.1 Å². The summed E-state index contributed by atoms with van der Waals surface area (Å²) in [6.07, 6.45) is -3.56. The van der Waals surface area contributed by atoms with E-state index in [4.69, 9.17) is 18.2 Å². The average Bonchev–Trinajstić information content (AvgIpc) is 2.98. The highest BCUT2D eigenvalue weighted by atomic mass is 35.5. The minimum atomic E-state index is -6.01. The number of aliphatic hydroxyl groups is 1. The molecule has 0 aliphatic heterocycles. The van der Waals surface area contributed by atoms with E-state index in [1.807, 2.05) is 0 Å². The Hall–Kier alpha value is -2.16. The minimum Gasteiger partial charge on any atom is -0.382 e. The maximum Gasteiger partial charge on any atom is 0.501 e. The summed E-state index contributed by atoms with van der Waals surface area (Å²) in [7, 11) is -6.01. The third-order valence-electron chi connectivity index (χ3n) is 4.40. The minimum absolute atomic E-state index is 0.0488. The lowest BCUT2D eigenvalue weighted by atomic mass is 9.91. The van der Waals surface area contributed by atoms with Crippen molar-refractivity contribution in [1.29, 1.82) is 0 Å². The van der Waals surface area contributed by atoms with Gasteiger partial charge in [0, 0.05) is 34.6 Å². The summed E-state index contributed by atoms with van der Waals surface area (Å²) >= 11 is 5.82. The monoisotopic (exact) mass is 440 g/mol. The molecule has 0 saturated heterocycles. The van der Waals surface area contributed by atoms with E-state index >= 15 is 0 Å². The molecule has 28 heavy (non-hydrogen) atoms. The fourth-order valence-electron chi connectivity index (χ4n) is 3.02. The fraction of sp³-hybridized carbons (Fsp3) is 0.312. The third-order valence-corrected chi connectivity index (χ3v) is 6.24. The predicted octanol–water partition coefficient (Wildman–Crippen LogP) is 4.59. The van der Waals surface area contributed by atoms with Crippen molar-refractivity contribution in [3.05, 3.63) is 52.1 Å². The molecule has 5 nitrogen and oxygen atoms in total. The van der Waals surface area contributed by atoms with Crippen molar-refractivity contribution in [2.75, 3.05) is 0 Å². The third kappa shape index (κ3) is 3.05. The normalized spacial score (nSPS) is 19.1. The molecular weight excluding hydrogens is 431 g/mol. The molecule has 0 bridgehead atoms. The van der Waals surface area contributed by atoms with Gasteiger partial charge in [0.2, 0.25) is 5.69 Å². The molecule has 0 amide bonds. The van der Waals surface area contributed by atoms with Gasteiger partial charge in [0.05, 0.1) is 6.57 Å². The first kappa shape index (κ1) is 20.6. The Morgan fingerprint density at radius 3 is 2.54 bits per heavy atom. The summed E-state index contributed by atoms with van der Waals surface area (Å²) in [5.74, 6) is -3.79. The summed E-state index contributed by atoms with van der Waals surface area (Å²) in [6.45, 7) is 7.05. The number of alkyl halides is 5. The first-order valence-electron chi connectivity index (χ1n) is 7.60. The van der Waals surface area contributed by atoms with Crippen LogP contribution in [0.15, 0.2) is 29.3 Å². The van der Waals surface area contributed by atoms with Gasteiger partial charge in [-0.3, -0.25) is 0 Å². The second kappa shape index (κ2) is 6.43. The largest absolute Gasteiger partial charge is 0.501 e. The van der Waals surface area contributed by atoms with Crippen molar-refractivity contribution in [1.82, 2.24) is 4.57 Å². The van der Waals surface area contributed by atoms with Crippen LogP contribution >= 0.6 is 11.6 Å². The van der Waals surface area contributed by atoms with E-state index in [2.05, 4.69) is 4.85 Å². The number of fused-ring (bicyclic) bond motifs is 1. The Morgan fingerprint density at radius 1 is 1.32 bits per heavy atom. The molecule has 0 spiro atoms. The smallest absolute Gasteiger partial charge is 0.382 e. The maximum atomic E-state index is 13.9. The maximum absolute atomic E-state index is 13.9. The molecule has 12 heteroatoms. The van der Waals surface area contributed by atoms with Crippen molar-refractivity contribution in [2.45, 2.75) is 35.3 Å². The number of aliphatic hydroxyl groups excluding tert-OH is 1. The van der Waals surface area contributed by atoms with Crippen LogP contribution in [0.5, 0.6) is 0 Å². The Morgan fingerprint density at radius 2 is 1.96 bits per heavy atom. The fourth-order valence-corrected chi connectivity index (χ4v) is 4.20. The number of aromatic nitrogens is 1. The molecule has 150 valence electrons. The molecule has 1 aromatic carbocycles. The molecule has 1 aromatic heterocycles. The van der Waals surface area contributed by atoms with Crippen molar-refractivity contribution in [3.63, 3.8) is 0 Å². The summed E-state index contributed by atoms with van der Waals surface area (Å²) in [4.78, 5) is 1.69. The number of benzene rings is 1. The van der Waals surface area contributed by atoms with Gasteiger partial charge in [-0.1, -0.05) is 17.7 Å². The van der Waals surface area contributed by atoms with Crippen LogP contribution in [0.2, 0.25) is 5.02 Å². The lowest BCUT2D eigenvalue weighted by Gasteiger charge is -2.29. The van der Waals surface area contributed by atoms with E-state index in [0.29, 0.717) is 6.20 Å². The quantitative estimate of drug-likeness (QED) is 0.549. The zero-order chi connectivity index (χ0) is 21.1. The van der Waals surface area contributed by atoms with E-state index in [0.717, 1.165) is 4.57 Å². The Labute approximate surface area is 160 Å². The van der Waals surface area contributed by atoms with Crippen LogP contribution in [0.4, 0.5) is 27.6 Å². The van der Waals surface area contributed by atoms with E-state index in [1.165, 1.54) is 18.2 Å². The zero-order valence-corrected chi connectivity index (χ0v) is 15.2. The SMILES string of the molecule is [C-]#[N+]c1cc(-n2cc(S(=O)(=O)C(F)(F)F)c3c2CCC(F)(F)[C@H]3O)ccc1Cl. The van der Waals surface area contributed by atoms with Crippen LogP contribution in [0.3, 0.4) is 0 Å². The molecule has 1 atom stereocenters. The molecule has 2 aromatic rings. The molecular formula is C16H10ClF5N2O3S. The van der Waals surface area contributed by atoms with Gasteiger partial charge >= 0.3 is 5.51 Å². The van der Waals surface area contributed by atoms with Crippen LogP contribution in [0.1, 0.15) is 23.8 Å². The highest BCUT2D eigenvalue weighted by Crippen LogP contribution is 2.47. The van der Waals surface area contributed by atoms with E-state index < -0.39 is 50.7 Å². The van der Waals surface area contributed by atoms with Crippen LogP contribution in [0, 0.1) is 6.57 Å². The zero-order valence-electron chi connectivity index (χ0n) is 13.6. The molecule has 0 fully saturated rings. The number of nitrogens with zero attached hydrogens (tertiary/aromatic N) is 2. The van der Waals surface area contributed by atoms with E-state index in [9.17, 15) is 35.5 Å². The summed E-state index contributed by atoms with van der Waals surface area (Å²) in [6, 6.07) is 3.74. The van der Waals surface area contributed by atoms with E-state index in [1.54, 1.807) is 0 Å². The molecule has 0 radical (unpaired) electrons. The topological polar surface area (TPSA) is 63.7 Å². The second-order valence-corrected chi connectivity index (χ2v) is 8.40. The average molecular weight is 441 g/mol. The van der Waals surface area contributed by atoms with Gasteiger partial charge in [-0.2, -0.15) is 13.2 Å². The number of hydrogen-bond donors (Lipinski definition) is 1. The first-order valence-corrected chi connectivity index (χ1v) is 9.46. The van der Waals surface area contributed by atoms with Gasteiger partial charge in [-0.05, 0) is 18.6 Å². The molecule has 0 saturated carbocycles. The van der Waals surface area contributed by atoms with Crippen LogP contribution in [-0.4, -0.2) is 29.5 Å². The van der Waals surface area contributed by atoms with Crippen LogP contribution in [-0.2, 0) is 16.3 Å². The van der Waals surface area contributed by atoms with Crippen molar-refractivity contribution in [2.24, 2.45) is 0 Å². The second-order valence-electron chi connectivity index (χ2n) is 6.08. The van der Waals surface area contributed by atoms with Gasteiger partial charge < -0.3 is 9.67 Å². The van der Waals surface area contributed by atoms with Gasteiger partial charge in [0.25, 0.3) is 15.8 Å². The van der Waals surface area contributed by atoms with Crippen LogP contribution < -0.4 is 0 Å². The number of sulfone groups is 1. The summed E-state index contributed by atoms with van der Waals surface area (Å²) in [5, 5.41) is 9.99.